The Morgan fingerprint density at radius 3 is 2.56 bits per heavy atom. The lowest BCUT2D eigenvalue weighted by molar-refractivity contribution is -0.175. The van der Waals surface area contributed by atoms with Crippen molar-refractivity contribution in [3.8, 4) is 5.75 Å². The molecule has 1 heterocycles. The molecule has 8 heteroatoms. The molecule has 1 rings (SSSR count). The van der Waals surface area contributed by atoms with Gasteiger partial charge in [-0.15, -0.1) is 0 Å². The Morgan fingerprint density at radius 1 is 1.33 bits per heavy atom. The first-order valence-electron chi connectivity index (χ1n) is 4.85. The Bertz CT molecular complexity index is 391. The molecule has 0 aliphatic rings. The molecule has 0 saturated heterocycles. The molecular weight excluding hydrogens is 255 g/mol. The lowest BCUT2D eigenvalue weighted by Gasteiger charge is -2.08. The number of aromatic carboxylic acids is 1. The van der Waals surface area contributed by atoms with Crippen molar-refractivity contribution in [2.24, 2.45) is 0 Å². The van der Waals surface area contributed by atoms with Gasteiger partial charge >= 0.3 is 12.1 Å². The van der Waals surface area contributed by atoms with Crippen molar-refractivity contribution in [3.05, 3.63) is 24.0 Å². The number of carboxylic acid groups (broad SMARTS) is 1. The second-order valence-electron chi connectivity index (χ2n) is 3.20. The van der Waals surface area contributed by atoms with E-state index in [1.807, 2.05) is 0 Å². The zero-order valence-corrected chi connectivity index (χ0v) is 9.11. The summed E-state index contributed by atoms with van der Waals surface area (Å²) in [6.45, 7) is -1.63. The molecule has 5 nitrogen and oxygen atoms in total. The fourth-order valence-corrected chi connectivity index (χ4v) is 0.999. The van der Waals surface area contributed by atoms with Crippen LogP contribution in [0, 0.1) is 0 Å². The summed E-state index contributed by atoms with van der Waals surface area (Å²) < 4.78 is 44.4. The lowest BCUT2D eigenvalue weighted by Crippen LogP contribution is -2.19. The number of pyridine rings is 1. The van der Waals surface area contributed by atoms with Crippen molar-refractivity contribution >= 4 is 5.97 Å². The Hall–Kier alpha value is -1.83. The van der Waals surface area contributed by atoms with Gasteiger partial charge in [-0.05, 0) is 12.1 Å². The van der Waals surface area contributed by atoms with Crippen LogP contribution < -0.4 is 4.74 Å². The third-order valence-electron chi connectivity index (χ3n) is 1.72. The number of hydrogen-bond acceptors (Lipinski definition) is 4. The normalized spacial score (nSPS) is 11.3. The predicted molar refractivity (Wildman–Crippen MR) is 53.6 cm³/mol. The van der Waals surface area contributed by atoms with Gasteiger partial charge in [0, 0.05) is 0 Å². The SMILES string of the molecule is O=C(O)c1ccc(OCCOCC(F)(F)F)cn1. The van der Waals surface area contributed by atoms with Gasteiger partial charge in [-0.25, -0.2) is 9.78 Å². The van der Waals surface area contributed by atoms with E-state index in [4.69, 9.17) is 9.84 Å². The molecule has 0 amide bonds. The van der Waals surface area contributed by atoms with Gasteiger partial charge in [-0.1, -0.05) is 0 Å². The van der Waals surface area contributed by atoms with E-state index in [1.165, 1.54) is 18.3 Å². The van der Waals surface area contributed by atoms with Crippen LogP contribution in [-0.4, -0.2) is 42.1 Å². The summed E-state index contributed by atoms with van der Waals surface area (Å²) in [6.07, 6.45) is -3.18. The van der Waals surface area contributed by atoms with Crippen molar-refractivity contribution in [1.29, 1.82) is 0 Å². The first kappa shape index (κ1) is 14.2. The minimum atomic E-state index is -4.36. The monoisotopic (exact) mass is 265 g/mol. The molecule has 0 spiro atoms. The Labute approximate surface area is 100 Å². The summed E-state index contributed by atoms with van der Waals surface area (Å²) in [5.41, 5.74) is -0.143. The van der Waals surface area contributed by atoms with Crippen LogP contribution in [0.15, 0.2) is 18.3 Å². The average molecular weight is 265 g/mol. The molecule has 0 fully saturated rings. The summed E-state index contributed by atoms with van der Waals surface area (Å²) >= 11 is 0. The van der Waals surface area contributed by atoms with Gasteiger partial charge in [0.1, 0.15) is 24.7 Å². The molecule has 1 aromatic rings. The van der Waals surface area contributed by atoms with Crippen LogP contribution in [0.3, 0.4) is 0 Å². The summed E-state index contributed by atoms with van der Waals surface area (Å²) in [6, 6.07) is 2.59. The topological polar surface area (TPSA) is 68.7 Å². The smallest absolute Gasteiger partial charge is 0.411 e. The number of halogens is 3. The van der Waals surface area contributed by atoms with Crippen LogP contribution in [-0.2, 0) is 4.74 Å². The summed E-state index contributed by atoms with van der Waals surface area (Å²) in [5, 5.41) is 8.57. The van der Waals surface area contributed by atoms with Crippen molar-refractivity contribution in [1.82, 2.24) is 4.98 Å². The maximum atomic E-state index is 11.7. The minimum Gasteiger partial charge on any atom is -0.490 e. The quantitative estimate of drug-likeness (QED) is 0.793. The first-order chi connectivity index (χ1) is 8.38. The van der Waals surface area contributed by atoms with E-state index in [9.17, 15) is 18.0 Å². The highest BCUT2D eigenvalue weighted by Crippen LogP contribution is 2.14. The Kier molecular flexibility index (Phi) is 4.90. The maximum Gasteiger partial charge on any atom is 0.411 e. The van der Waals surface area contributed by atoms with Gasteiger partial charge in [-0.2, -0.15) is 13.2 Å². The number of nitrogens with zero attached hydrogens (tertiary/aromatic N) is 1. The number of carboxylic acids is 1. The molecule has 0 radical (unpaired) electrons. The van der Waals surface area contributed by atoms with Crippen LogP contribution >= 0.6 is 0 Å². The van der Waals surface area contributed by atoms with Crippen LogP contribution in [0.5, 0.6) is 5.75 Å². The van der Waals surface area contributed by atoms with Gasteiger partial charge < -0.3 is 14.6 Å². The minimum absolute atomic E-state index is 0.0792. The Balaban J connectivity index is 2.25. The van der Waals surface area contributed by atoms with Crippen LogP contribution in [0.4, 0.5) is 13.2 Å². The molecular formula is C10H10F3NO4. The molecule has 0 atom stereocenters. The van der Waals surface area contributed by atoms with E-state index in [0.717, 1.165) is 0 Å². The van der Waals surface area contributed by atoms with E-state index < -0.39 is 18.8 Å². The largest absolute Gasteiger partial charge is 0.490 e. The van der Waals surface area contributed by atoms with E-state index in [-0.39, 0.29) is 24.7 Å². The molecule has 0 unspecified atom stereocenters. The third kappa shape index (κ3) is 5.48. The number of carbonyl (C=O) groups is 1. The molecule has 0 bridgehead atoms. The summed E-state index contributed by atoms with van der Waals surface area (Å²) in [4.78, 5) is 14.0. The number of ether oxygens (including phenoxy) is 2. The fourth-order valence-electron chi connectivity index (χ4n) is 0.999. The summed E-state index contributed by atoms with van der Waals surface area (Å²) in [5.74, 6) is -0.911. The fraction of sp³-hybridized carbons (Fsp3) is 0.400. The van der Waals surface area contributed by atoms with Gasteiger partial charge in [0.2, 0.25) is 0 Å². The first-order valence-corrected chi connectivity index (χ1v) is 4.85. The molecule has 100 valence electrons. The number of alkyl halides is 3. The number of aromatic nitrogens is 1. The second kappa shape index (κ2) is 6.20. The van der Waals surface area contributed by atoms with E-state index >= 15 is 0 Å². The van der Waals surface area contributed by atoms with Crippen molar-refractivity contribution in [2.45, 2.75) is 6.18 Å². The van der Waals surface area contributed by atoms with Crippen LogP contribution in [0.25, 0.3) is 0 Å². The van der Waals surface area contributed by atoms with Gasteiger partial charge in [0.25, 0.3) is 0 Å². The van der Waals surface area contributed by atoms with Crippen molar-refractivity contribution in [3.63, 3.8) is 0 Å². The second-order valence-corrected chi connectivity index (χ2v) is 3.20. The van der Waals surface area contributed by atoms with Gasteiger partial charge in [0.05, 0.1) is 12.8 Å². The van der Waals surface area contributed by atoms with E-state index in [0.29, 0.717) is 0 Å². The summed E-state index contributed by atoms with van der Waals surface area (Å²) in [7, 11) is 0. The molecule has 18 heavy (non-hydrogen) atoms. The molecule has 0 aromatic carbocycles. The maximum absolute atomic E-state index is 11.7. The van der Waals surface area contributed by atoms with Crippen LogP contribution in [0.2, 0.25) is 0 Å². The lowest BCUT2D eigenvalue weighted by atomic mass is 10.3. The standard InChI is InChI=1S/C10H10F3NO4/c11-10(12,13)6-17-3-4-18-7-1-2-8(9(15)16)14-5-7/h1-2,5H,3-4,6H2,(H,15,16). The predicted octanol–water partition coefficient (Wildman–Crippen LogP) is 1.74. The van der Waals surface area contributed by atoms with E-state index in [2.05, 4.69) is 9.72 Å². The van der Waals surface area contributed by atoms with E-state index in [1.54, 1.807) is 0 Å². The number of hydrogen-bond donors (Lipinski definition) is 1. The average Bonchev–Trinajstić information content (AvgIpc) is 2.27. The van der Waals surface area contributed by atoms with Gasteiger partial charge in [-0.3, -0.25) is 0 Å². The molecule has 1 N–H and O–H groups in total. The highest BCUT2D eigenvalue weighted by atomic mass is 19.4. The molecule has 1 aromatic heterocycles. The molecule has 0 saturated carbocycles. The highest BCUT2D eigenvalue weighted by molar-refractivity contribution is 5.85. The molecule has 0 aliphatic carbocycles. The molecule has 0 aliphatic heterocycles. The van der Waals surface area contributed by atoms with Crippen molar-refractivity contribution in [2.75, 3.05) is 19.8 Å². The number of rotatable bonds is 6. The van der Waals surface area contributed by atoms with Crippen molar-refractivity contribution < 1.29 is 32.5 Å². The zero-order chi connectivity index (χ0) is 13.6. The highest BCUT2D eigenvalue weighted by Gasteiger charge is 2.27. The van der Waals surface area contributed by atoms with Gasteiger partial charge in [0.15, 0.2) is 0 Å². The third-order valence-corrected chi connectivity index (χ3v) is 1.72. The van der Waals surface area contributed by atoms with Crippen LogP contribution in [0.1, 0.15) is 10.5 Å². The Morgan fingerprint density at radius 2 is 2.06 bits per heavy atom. The zero-order valence-electron chi connectivity index (χ0n) is 9.11.